The van der Waals surface area contributed by atoms with Crippen molar-refractivity contribution in [3.8, 4) is 11.3 Å². The molecule has 0 unspecified atom stereocenters. The Morgan fingerprint density at radius 2 is 1.80 bits per heavy atom. The molecule has 1 N–H and O–H groups in total. The summed E-state index contributed by atoms with van der Waals surface area (Å²) in [6.45, 7) is 8.31. The maximum atomic E-state index is 6.12. The van der Waals surface area contributed by atoms with Crippen molar-refractivity contribution >= 4 is 24.3 Å². The third-order valence-electron chi connectivity index (χ3n) is 5.58. The Morgan fingerprint density at radius 1 is 1.12 bits per heavy atom. The first-order valence-electron chi connectivity index (χ1n) is 8.98. The van der Waals surface area contributed by atoms with Gasteiger partial charge in [0, 0.05) is 0 Å². The number of thioether (sulfide) groups is 1. The third-order valence-corrected chi connectivity index (χ3v) is 6.96. The van der Waals surface area contributed by atoms with Crippen LogP contribution in [0.1, 0.15) is 51.6 Å². The summed E-state index contributed by atoms with van der Waals surface area (Å²) >= 11 is 2.00. The number of aromatic amines is 1. The Morgan fingerprint density at radius 3 is 2.40 bits per heavy atom. The molecule has 2 saturated heterocycles. The Hall–Kier alpha value is -1.24. The van der Waals surface area contributed by atoms with E-state index in [9.17, 15) is 0 Å². The third kappa shape index (κ3) is 3.16. The predicted octanol–water partition coefficient (Wildman–Crippen LogP) is 3.94. The van der Waals surface area contributed by atoms with Crippen LogP contribution in [0, 0.1) is 0 Å². The molecule has 4 rings (SSSR count). The highest BCUT2D eigenvalue weighted by molar-refractivity contribution is 7.99. The summed E-state index contributed by atoms with van der Waals surface area (Å²) in [7, 11) is -0.314. The summed E-state index contributed by atoms with van der Waals surface area (Å²) < 4.78 is 12.2. The van der Waals surface area contributed by atoms with Crippen LogP contribution in [0.2, 0.25) is 0 Å². The Kier molecular flexibility index (Phi) is 4.25. The highest BCUT2D eigenvalue weighted by atomic mass is 32.2. The van der Waals surface area contributed by atoms with Gasteiger partial charge in [-0.1, -0.05) is 24.3 Å². The number of nitrogens with zero attached hydrogens (tertiary/aromatic N) is 1. The smallest absolute Gasteiger partial charge is 0.399 e. The molecule has 4 nitrogen and oxygen atoms in total. The van der Waals surface area contributed by atoms with Gasteiger partial charge in [0.15, 0.2) is 0 Å². The summed E-state index contributed by atoms with van der Waals surface area (Å²) in [5, 5.41) is 0.526. The van der Waals surface area contributed by atoms with Gasteiger partial charge in [0.05, 0.1) is 28.3 Å². The maximum Gasteiger partial charge on any atom is 0.494 e. The standard InChI is InChI=1S/C19H25BN2O2S/c1-18(2)19(3,4)24-20(23-18)14-9-7-13(8-10-14)15-12-21-17(22-15)16-6-5-11-25-16/h7-10,12,16H,5-6,11H2,1-4H3,(H,21,22)/t16-/m0/s1. The van der Waals surface area contributed by atoms with Crippen molar-refractivity contribution in [2.45, 2.75) is 57.0 Å². The quantitative estimate of drug-likeness (QED) is 0.846. The van der Waals surface area contributed by atoms with Gasteiger partial charge in [0.2, 0.25) is 0 Å². The maximum absolute atomic E-state index is 6.12. The summed E-state index contributed by atoms with van der Waals surface area (Å²) in [6.07, 6.45) is 4.45. The molecule has 0 amide bonds. The number of aromatic nitrogens is 2. The van der Waals surface area contributed by atoms with Gasteiger partial charge in [-0.25, -0.2) is 4.98 Å². The number of hydrogen-bond acceptors (Lipinski definition) is 4. The summed E-state index contributed by atoms with van der Waals surface area (Å²) in [4.78, 5) is 8.08. The average molecular weight is 356 g/mol. The average Bonchev–Trinajstić information content (AvgIpc) is 3.28. The first-order valence-corrected chi connectivity index (χ1v) is 10.0. The molecule has 0 spiro atoms. The molecule has 1 aromatic heterocycles. The fourth-order valence-corrected chi connectivity index (χ4v) is 4.47. The van der Waals surface area contributed by atoms with E-state index in [0.717, 1.165) is 22.5 Å². The molecule has 2 aliphatic rings. The molecule has 2 fully saturated rings. The fourth-order valence-electron chi connectivity index (χ4n) is 3.24. The van der Waals surface area contributed by atoms with E-state index in [-0.39, 0.29) is 18.3 Å². The van der Waals surface area contributed by atoms with E-state index in [1.165, 1.54) is 18.6 Å². The molecule has 6 heteroatoms. The zero-order valence-electron chi connectivity index (χ0n) is 15.3. The minimum absolute atomic E-state index is 0.312. The Labute approximate surface area is 154 Å². The lowest BCUT2D eigenvalue weighted by Crippen LogP contribution is -2.41. The zero-order chi connectivity index (χ0) is 17.7. The number of H-pyrrole nitrogens is 1. The number of rotatable bonds is 3. The van der Waals surface area contributed by atoms with Crippen molar-refractivity contribution in [3.05, 3.63) is 36.3 Å². The van der Waals surface area contributed by atoms with Crippen LogP contribution in [-0.4, -0.2) is 34.0 Å². The SMILES string of the molecule is CC1(C)OB(c2ccc(-c3cnc([C@@H]4CCCS4)[nH]3)cc2)OC1(C)C. The van der Waals surface area contributed by atoms with Gasteiger partial charge in [-0.2, -0.15) is 11.8 Å². The van der Waals surface area contributed by atoms with Gasteiger partial charge in [0.1, 0.15) is 5.82 Å². The van der Waals surface area contributed by atoms with Crippen LogP contribution in [-0.2, 0) is 9.31 Å². The van der Waals surface area contributed by atoms with Crippen molar-refractivity contribution in [3.63, 3.8) is 0 Å². The summed E-state index contributed by atoms with van der Waals surface area (Å²) in [5.74, 6) is 2.34. The van der Waals surface area contributed by atoms with E-state index in [4.69, 9.17) is 9.31 Å². The van der Waals surface area contributed by atoms with E-state index in [1.807, 2.05) is 18.0 Å². The van der Waals surface area contributed by atoms with Crippen LogP contribution in [0.5, 0.6) is 0 Å². The van der Waals surface area contributed by atoms with Gasteiger partial charge in [-0.05, 0) is 57.3 Å². The molecule has 25 heavy (non-hydrogen) atoms. The van der Waals surface area contributed by atoms with Gasteiger partial charge in [-0.3, -0.25) is 0 Å². The molecule has 1 atom stereocenters. The van der Waals surface area contributed by atoms with Gasteiger partial charge in [0.25, 0.3) is 0 Å². The normalized spacial score (nSPS) is 24.8. The van der Waals surface area contributed by atoms with Crippen LogP contribution in [0.15, 0.2) is 30.5 Å². The molecule has 0 aliphatic carbocycles. The Bertz CT molecular complexity index is 735. The molecule has 0 saturated carbocycles. The molecular formula is C19H25BN2O2S. The minimum Gasteiger partial charge on any atom is -0.399 e. The number of hydrogen-bond donors (Lipinski definition) is 1. The lowest BCUT2D eigenvalue weighted by Gasteiger charge is -2.32. The lowest BCUT2D eigenvalue weighted by molar-refractivity contribution is 0.00578. The lowest BCUT2D eigenvalue weighted by atomic mass is 9.79. The largest absolute Gasteiger partial charge is 0.494 e. The first kappa shape index (κ1) is 17.2. The van der Waals surface area contributed by atoms with Crippen LogP contribution in [0.3, 0.4) is 0 Å². The molecule has 0 bridgehead atoms. The van der Waals surface area contributed by atoms with Crippen molar-refractivity contribution in [1.29, 1.82) is 0 Å². The Balaban J connectivity index is 1.51. The van der Waals surface area contributed by atoms with Crippen LogP contribution < -0.4 is 5.46 Å². The number of imidazole rings is 1. The molecule has 2 aliphatic heterocycles. The van der Waals surface area contributed by atoms with Crippen molar-refractivity contribution < 1.29 is 9.31 Å². The topological polar surface area (TPSA) is 47.1 Å². The van der Waals surface area contributed by atoms with Crippen molar-refractivity contribution in [1.82, 2.24) is 9.97 Å². The first-order chi connectivity index (χ1) is 11.9. The number of benzene rings is 1. The zero-order valence-corrected chi connectivity index (χ0v) is 16.2. The second kappa shape index (κ2) is 6.18. The molecule has 132 valence electrons. The molecule has 2 aromatic rings. The van der Waals surface area contributed by atoms with E-state index in [2.05, 4.69) is 61.9 Å². The molecule has 0 radical (unpaired) electrons. The minimum atomic E-state index is -0.314. The van der Waals surface area contributed by atoms with Gasteiger partial charge >= 0.3 is 7.12 Å². The monoisotopic (exact) mass is 356 g/mol. The van der Waals surface area contributed by atoms with Gasteiger partial charge < -0.3 is 14.3 Å². The van der Waals surface area contributed by atoms with Crippen LogP contribution in [0.4, 0.5) is 0 Å². The van der Waals surface area contributed by atoms with E-state index in [0.29, 0.717) is 5.25 Å². The highest BCUT2D eigenvalue weighted by Crippen LogP contribution is 2.39. The van der Waals surface area contributed by atoms with E-state index >= 15 is 0 Å². The molecule has 1 aromatic carbocycles. The molecule has 3 heterocycles. The predicted molar refractivity (Wildman–Crippen MR) is 104 cm³/mol. The van der Waals surface area contributed by atoms with Crippen LogP contribution in [0.25, 0.3) is 11.3 Å². The summed E-state index contributed by atoms with van der Waals surface area (Å²) in [6, 6.07) is 8.39. The van der Waals surface area contributed by atoms with Crippen LogP contribution >= 0.6 is 11.8 Å². The van der Waals surface area contributed by atoms with E-state index in [1.54, 1.807) is 0 Å². The molecular weight excluding hydrogens is 331 g/mol. The summed E-state index contributed by atoms with van der Waals surface area (Å²) in [5.41, 5.74) is 2.64. The van der Waals surface area contributed by atoms with Crippen molar-refractivity contribution in [2.75, 3.05) is 5.75 Å². The van der Waals surface area contributed by atoms with Crippen molar-refractivity contribution in [2.24, 2.45) is 0 Å². The highest BCUT2D eigenvalue weighted by Gasteiger charge is 2.51. The van der Waals surface area contributed by atoms with Gasteiger partial charge in [-0.15, -0.1) is 0 Å². The number of nitrogens with one attached hydrogen (secondary N) is 1. The second-order valence-corrected chi connectivity index (χ2v) is 9.20. The van der Waals surface area contributed by atoms with E-state index < -0.39 is 0 Å². The fraction of sp³-hybridized carbons (Fsp3) is 0.526. The second-order valence-electron chi connectivity index (χ2n) is 7.89.